The number of hydrogen-bond donors (Lipinski definition) is 1. The average Bonchev–Trinajstić information content (AvgIpc) is 1.30. The first-order valence-electron chi connectivity index (χ1n) is 1.79. The van der Waals surface area contributed by atoms with Crippen molar-refractivity contribution in [3.05, 3.63) is 4.91 Å². The van der Waals surface area contributed by atoms with E-state index in [9.17, 15) is 4.91 Å². The van der Waals surface area contributed by atoms with Crippen LogP contribution in [0.15, 0.2) is 4.58 Å². The monoisotopic (exact) mass is 137 g/mol. The van der Waals surface area contributed by atoms with E-state index in [0.717, 1.165) is 11.9 Å². The molecule has 0 amide bonds. The van der Waals surface area contributed by atoms with Crippen LogP contribution in [-0.2, 0) is 0 Å². The molecule has 4 heteroatoms. The predicted octanol–water partition coefficient (Wildman–Crippen LogP) is 2.07. The highest BCUT2D eigenvalue weighted by Gasteiger charge is 2.11. The van der Waals surface area contributed by atoms with Gasteiger partial charge in [-0.3, -0.25) is 0 Å². The highest BCUT2D eigenvalue weighted by Crippen LogP contribution is 2.27. The summed E-state index contributed by atoms with van der Waals surface area (Å²) in [4.78, 5) is 9.48. The molecule has 2 nitrogen and oxygen atoms in total. The van der Waals surface area contributed by atoms with Gasteiger partial charge in [0.15, 0.2) is 0 Å². The fourth-order valence-electron chi connectivity index (χ4n) is 0.0912. The van der Waals surface area contributed by atoms with Gasteiger partial charge in [0.05, 0.1) is 4.08 Å². The molecule has 0 aromatic carbocycles. The smallest absolute Gasteiger partial charge is 0.0777 e. The first kappa shape index (κ1) is 7.30. The van der Waals surface area contributed by atoms with Crippen LogP contribution < -0.4 is 0 Å². The van der Waals surface area contributed by atoms with Crippen LogP contribution in [0.5, 0.6) is 0 Å². The minimum absolute atomic E-state index is 0.318. The first-order chi connectivity index (χ1) is 3.06. The molecular weight excluding hydrogens is 130 g/mol. The number of thiol groups is 1. The standard InChI is InChI=1S/C3H7NOS2/c1-3(2,6)7-4-5/h6H,1-2H3. The average molecular weight is 137 g/mol. The Morgan fingerprint density at radius 3 is 2.14 bits per heavy atom. The van der Waals surface area contributed by atoms with Crippen molar-refractivity contribution in [3.63, 3.8) is 0 Å². The second kappa shape index (κ2) is 2.57. The Morgan fingerprint density at radius 2 is 2.14 bits per heavy atom. The fraction of sp³-hybridized carbons (Fsp3) is 1.00. The Bertz CT molecular complexity index is 67.8. The third-order valence-electron chi connectivity index (χ3n) is 0.261. The van der Waals surface area contributed by atoms with Crippen molar-refractivity contribution in [1.29, 1.82) is 0 Å². The summed E-state index contributed by atoms with van der Waals surface area (Å²) in [6.45, 7) is 3.62. The van der Waals surface area contributed by atoms with E-state index in [1.807, 2.05) is 13.8 Å². The van der Waals surface area contributed by atoms with E-state index in [4.69, 9.17) is 0 Å². The molecule has 0 aromatic heterocycles. The minimum Gasteiger partial charge on any atom is -0.160 e. The summed E-state index contributed by atoms with van der Waals surface area (Å²) in [5.41, 5.74) is 0. The van der Waals surface area contributed by atoms with Gasteiger partial charge in [0.2, 0.25) is 0 Å². The largest absolute Gasteiger partial charge is 0.160 e. The maximum Gasteiger partial charge on any atom is 0.0777 e. The van der Waals surface area contributed by atoms with Crippen molar-refractivity contribution < 1.29 is 0 Å². The van der Waals surface area contributed by atoms with Gasteiger partial charge in [0, 0.05) is 16.5 Å². The summed E-state index contributed by atoms with van der Waals surface area (Å²) in [5, 5.41) is 0. The molecular formula is C3H7NOS2. The molecule has 0 rings (SSSR count). The Balaban J connectivity index is 3.34. The lowest BCUT2D eigenvalue weighted by Gasteiger charge is -2.07. The summed E-state index contributed by atoms with van der Waals surface area (Å²) in [5.74, 6) is 0. The fourth-order valence-corrected chi connectivity index (χ4v) is 0.374. The summed E-state index contributed by atoms with van der Waals surface area (Å²) in [6, 6.07) is 0. The van der Waals surface area contributed by atoms with E-state index in [2.05, 4.69) is 17.2 Å². The van der Waals surface area contributed by atoms with Crippen molar-refractivity contribution in [2.24, 2.45) is 4.58 Å². The Morgan fingerprint density at radius 1 is 1.71 bits per heavy atom. The van der Waals surface area contributed by atoms with Crippen molar-refractivity contribution in [1.82, 2.24) is 0 Å². The highest BCUT2D eigenvalue weighted by molar-refractivity contribution is 8.10. The topological polar surface area (TPSA) is 29.4 Å². The van der Waals surface area contributed by atoms with Crippen LogP contribution in [0.25, 0.3) is 0 Å². The molecule has 0 bridgehead atoms. The van der Waals surface area contributed by atoms with Crippen LogP contribution >= 0.6 is 24.6 Å². The van der Waals surface area contributed by atoms with E-state index in [1.54, 1.807) is 0 Å². The third kappa shape index (κ3) is 6.30. The molecule has 0 aromatic rings. The molecule has 0 saturated heterocycles. The SMILES string of the molecule is CC(C)(S)SN=O. The Hall–Kier alpha value is 0.300. The summed E-state index contributed by atoms with van der Waals surface area (Å²) in [7, 11) is 0. The molecule has 42 valence electrons. The lowest BCUT2D eigenvalue weighted by molar-refractivity contribution is 1.04. The zero-order valence-corrected chi connectivity index (χ0v) is 5.92. The molecule has 0 aliphatic carbocycles. The molecule has 7 heavy (non-hydrogen) atoms. The minimum atomic E-state index is -0.318. The van der Waals surface area contributed by atoms with Crippen LogP contribution in [0, 0.1) is 4.91 Å². The van der Waals surface area contributed by atoms with Gasteiger partial charge in [-0.25, -0.2) is 0 Å². The number of nitroso groups, excluding NO2 is 1. The third-order valence-corrected chi connectivity index (χ3v) is 1.03. The van der Waals surface area contributed by atoms with Crippen LogP contribution in [0.4, 0.5) is 0 Å². The quantitative estimate of drug-likeness (QED) is 0.273. The number of nitrogens with zero attached hydrogens (tertiary/aromatic N) is 1. The zero-order chi connectivity index (χ0) is 5.91. The summed E-state index contributed by atoms with van der Waals surface area (Å²) < 4.78 is 2.28. The molecule has 0 spiro atoms. The molecule has 0 aliphatic heterocycles. The van der Waals surface area contributed by atoms with E-state index in [-0.39, 0.29) is 4.08 Å². The van der Waals surface area contributed by atoms with Crippen molar-refractivity contribution in [2.75, 3.05) is 0 Å². The van der Waals surface area contributed by atoms with E-state index < -0.39 is 0 Å². The maximum atomic E-state index is 9.48. The van der Waals surface area contributed by atoms with Gasteiger partial charge in [0.25, 0.3) is 0 Å². The molecule has 0 saturated carbocycles. The molecule has 0 atom stereocenters. The summed E-state index contributed by atoms with van der Waals surface area (Å²) >= 11 is 4.93. The first-order valence-corrected chi connectivity index (χ1v) is 3.01. The van der Waals surface area contributed by atoms with Crippen LogP contribution in [0.3, 0.4) is 0 Å². The van der Waals surface area contributed by atoms with Crippen molar-refractivity contribution in [3.8, 4) is 0 Å². The van der Waals surface area contributed by atoms with E-state index in [0.29, 0.717) is 0 Å². The molecule has 0 unspecified atom stereocenters. The lowest BCUT2D eigenvalue weighted by Crippen LogP contribution is -1.99. The number of hydrogen-bond acceptors (Lipinski definition) is 4. The lowest BCUT2D eigenvalue weighted by atomic mass is 10.5. The van der Waals surface area contributed by atoms with E-state index in [1.165, 1.54) is 0 Å². The highest BCUT2D eigenvalue weighted by atomic mass is 32.2. The normalized spacial score (nSPS) is 11.3. The van der Waals surface area contributed by atoms with Crippen molar-refractivity contribution in [2.45, 2.75) is 17.9 Å². The second-order valence-electron chi connectivity index (χ2n) is 1.61. The van der Waals surface area contributed by atoms with Crippen LogP contribution in [0.1, 0.15) is 13.8 Å². The van der Waals surface area contributed by atoms with Gasteiger partial charge < -0.3 is 0 Å². The molecule has 0 fully saturated rings. The molecule has 0 aliphatic rings. The molecule has 0 N–H and O–H groups in total. The van der Waals surface area contributed by atoms with Gasteiger partial charge in [0.1, 0.15) is 0 Å². The Kier molecular flexibility index (Phi) is 2.68. The Labute approximate surface area is 52.6 Å². The van der Waals surface area contributed by atoms with Gasteiger partial charge in [-0.05, 0) is 13.8 Å². The van der Waals surface area contributed by atoms with Gasteiger partial charge in [-0.15, -0.1) is 4.91 Å². The summed E-state index contributed by atoms with van der Waals surface area (Å²) in [6.07, 6.45) is 0. The molecule has 0 heterocycles. The van der Waals surface area contributed by atoms with Gasteiger partial charge in [-0.2, -0.15) is 12.6 Å². The van der Waals surface area contributed by atoms with Crippen molar-refractivity contribution >= 4 is 24.6 Å². The molecule has 0 radical (unpaired) electrons. The zero-order valence-electron chi connectivity index (χ0n) is 4.21. The van der Waals surface area contributed by atoms with Crippen LogP contribution in [0.2, 0.25) is 0 Å². The predicted molar refractivity (Wildman–Crippen MR) is 36.5 cm³/mol. The maximum absolute atomic E-state index is 9.48. The van der Waals surface area contributed by atoms with E-state index >= 15 is 0 Å². The second-order valence-corrected chi connectivity index (χ2v) is 4.39. The van der Waals surface area contributed by atoms with Crippen LogP contribution in [-0.4, -0.2) is 4.08 Å². The van der Waals surface area contributed by atoms with Gasteiger partial charge in [-0.1, -0.05) is 0 Å². The number of rotatable bonds is 2. The van der Waals surface area contributed by atoms with Gasteiger partial charge >= 0.3 is 0 Å².